The van der Waals surface area contributed by atoms with Crippen LogP contribution in [0.25, 0.3) is 0 Å². The summed E-state index contributed by atoms with van der Waals surface area (Å²) in [4.78, 5) is 23.2. The Kier molecular flexibility index (Phi) is 3.57. The van der Waals surface area contributed by atoms with E-state index in [-0.39, 0.29) is 5.91 Å². The Morgan fingerprint density at radius 2 is 2.06 bits per heavy atom. The molecule has 2 amide bonds. The first-order valence-corrected chi connectivity index (χ1v) is 5.61. The lowest BCUT2D eigenvalue weighted by Crippen LogP contribution is -2.58. The van der Waals surface area contributed by atoms with Crippen molar-refractivity contribution in [2.24, 2.45) is 11.1 Å². The third-order valence-corrected chi connectivity index (χ3v) is 3.19. The number of nitrogens with one attached hydrogen (secondary N) is 2. The third-order valence-electron chi connectivity index (χ3n) is 3.19. The van der Waals surface area contributed by atoms with E-state index in [2.05, 4.69) is 10.6 Å². The molecule has 5 nitrogen and oxygen atoms in total. The summed E-state index contributed by atoms with van der Waals surface area (Å²) in [6, 6.07) is 0. The SMILES string of the molecule is CC1(C(=O)NC(C)(C)C(N)=O)CCCNC1. The smallest absolute Gasteiger partial charge is 0.242 e. The molecule has 1 saturated heterocycles. The summed E-state index contributed by atoms with van der Waals surface area (Å²) in [7, 11) is 0. The topological polar surface area (TPSA) is 84.2 Å². The summed E-state index contributed by atoms with van der Waals surface area (Å²) in [6.07, 6.45) is 1.81. The van der Waals surface area contributed by atoms with E-state index in [0.717, 1.165) is 19.4 Å². The number of hydrogen-bond donors (Lipinski definition) is 3. The van der Waals surface area contributed by atoms with Crippen molar-refractivity contribution < 1.29 is 9.59 Å². The van der Waals surface area contributed by atoms with Gasteiger partial charge in [0.25, 0.3) is 0 Å². The Hall–Kier alpha value is -1.10. The van der Waals surface area contributed by atoms with Gasteiger partial charge in [0.05, 0.1) is 5.41 Å². The highest BCUT2D eigenvalue weighted by Crippen LogP contribution is 2.26. The minimum absolute atomic E-state index is 0.108. The summed E-state index contributed by atoms with van der Waals surface area (Å²) < 4.78 is 0. The summed E-state index contributed by atoms with van der Waals surface area (Å²) in [5.74, 6) is -0.628. The van der Waals surface area contributed by atoms with Gasteiger partial charge in [0.15, 0.2) is 0 Å². The number of piperidine rings is 1. The highest BCUT2D eigenvalue weighted by Gasteiger charge is 2.38. The largest absolute Gasteiger partial charge is 0.368 e. The van der Waals surface area contributed by atoms with Crippen LogP contribution in [-0.4, -0.2) is 30.4 Å². The van der Waals surface area contributed by atoms with Gasteiger partial charge in [0, 0.05) is 6.54 Å². The van der Waals surface area contributed by atoms with Crippen LogP contribution in [0.15, 0.2) is 0 Å². The van der Waals surface area contributed by atoms with Crippen molar-refractivity contribution in [1.82, 2.24) is 10.6 Å². The maximum atomic E-state index is 12.1. The van der Waals surface area contributed by atoms with Gasteiger partial charge in [-0.2, -0.15) is 0 Å². The molecule has 16 heavy (non-hydrogen) atoms. The van der Waals surface area contributed by atoms with Gasteiger partial charge < -0.3 is 16.4 Å². The average molecular weight is 227 g/mol. The predicted octanol–water partition coefficient (Wildman–Crippen LogP) is -0.244. The Balaban J connectivity index is 2.67. The lowest BCUT2D eigenvalue weighted by Gasteiger charge is -2.35. The molecule has 1 atom stereocenters. The summed E-state index contributed by atoms with van der Waals surface area (Å²) >= 11 is 0. The number of rotatable bonds is 3. The molecule has 0 bridgehead atoms. The van der Waals surface area contributed by atoms with Crippen molar-refractivity contribution in [2.75, 3.05) is 13.1 Å². The van der Waals surface area contributed by atoms with Crippen LogP contribution in [0, 0.1) is 5.41 Å². The molecule has 1 aliphatic heterocycles. The first-order chi connectivity index (χ1) is 7.28. The molecule has 1 unspecified atom stereocenters. The predicted molar refractivity (Wildman–Crippen MR) is 61.6 cm³/mol. The van der Waals surface area contributed by atoms with Crippen LogP contribution < -0.4 is 16.4 Å². The highest BCUT2D eigenvalue weighted by molar-refractivity contribution is 5.91. The van der Waals surface area contributed by atoms with Crippen molar-refractivity contribution in [2.45, 2.75) is 39.2 Å². The molecule has 5 heteroatoms. The number of hydrogen-bond acceptors (Lipinski definition) is 3. The highest BCUT2D eigenvalue weighted by atomic mass is 16.2. The molecular weight excluding hydrogens is 206 g/mol. The van der Waals surface area contributed by atoms with Gasteiger partial charge >= 0.3 is 0 Å². The van der Waals surface area contributed by atoms with Crippen LogP contribution in [0.4, 0.5) is 0 Å². The Bertz CT molecular complexity index is 294. The van der Waals surface area contributed by atoms with Crippen LogP contribution in [0.5, 0.6) is 0 Å². The molecule has 0 aromatic rings. The second-order valence-corrected chi connectivity index (χ2v) is 5.28. The van der Waals surface area contributed by atoms with Gasteiger partial charge in [-0.1, -0.05) is 0 Å². The fourth-order valence-corrected chi connectivity index (χ4v) is 1.75. The molecule has 1 heterocycles. The van der Waals surface area contributed by atoms with E-state index >= 15 is 0 Å². The Morgan fingerprint density at radius 1 is 1.44 bits per heavy atom. The molecule has 0 aromatic carbocycles. The molecule has 0 spiro atoms. The minimum Gasteiger partial charge on any atom is -0.368 e. The van der Waals surface area contributed by atoms with E-state index in [1.807, 2.05) is 6.92 Å². The van der Waals surface area contributed by atoms with Crippen LogP contribution in [-0.2, 0) is 9.59 Å². The second-order valence-electron chi connectivity index (χ2n) is 5.28. The summed E-state index contributed by atoms with van der Waals surface area (Å²) in [5, 5.41) is 5.91. The van der Waals surface area contributed by atoms with E-state index in [1.165, 1.54) is 0 Å². The van der Waals surface area contributed by atoms with Gasteiger partial charge in [-0.3, -0.25) is 9.59 Å². The standard InChI is InChI=1S/C11H21N3O2/c1-10(2,8(12)15)14-9(16)11(3)5-4-6-13-7-11/h13H,4-7H2,1-3H3,(H2,12,15)(H,14,16). The molecule has 4 N–H and O–H groups in total. The fraction of sp³-hybridized carbons (Fsp3) is 0.818. The second kappa shape index (κ2) is 4.41. The quantitative estimate of drug-likeness (QED) is 0.622. The van der Waals surface area contributed by atoms with E-state index in [1.54, 1.807) is 13.8 Å². The van der Waals surface area contributed by atoms with Crippen LogP contribution in [0.3, 0.4) is 0 Å². The van der Waals surface area contributed by atoms with Gasteiger partial charge in [-0.15, -0.1) is 0 Å². The lowest BCUT2D eigenvalue weighted by atomic mass is 9.81. The van der Waals surface area contributed by atoms with Crippen LogP contribution >= 0.6 is 0 Å². The molecule has 0 radical (unpaired) electrons. The monoisotopic (exact) mass is 227 g/mol. The molecule has 1 fully saturated rings. The molecule has 1 rings (SSSR count). The Labute approximate surface area is 96.1 Å². The number of carbonyl (C=O) groups is 2. The Morgan fingerprint density at radius 3 is 2.50 bits per heavy atom. The van der Waals surface area contributed by atoms with Crippen molar-refractivity contribution in [1.29, 1.82) is 0 Å². The number of amides is 2. The summed E-state index contributed by atoms with van der Waals surface area (Å²) in [6.45, 7) is 6.74. The zero-order chi connectivity index (χ0) is 12.4. The number of nitrogens with two attached hydrogens (primary N) is 1. The maximum Gasteiger partial charge on any atom is 0.242 e. The molecular formula is C11H21N3O2. The molecule has 0 aliphatic carbocycles. The van der Waals surface area contributed by atoms with Gasteiger partial charge in [-0.25, -0.2) is 0 Å². The van der Waals surface area contributed by atoms with Gasteiger partial charge in [-0.05, 0) is 40.2 Å². The van der Waals surface area contributed by atoms with E-state index in [9.17, 15) is 9.59 Å². The third kappa shape index (κ3) is 2.72. The van der Waals surface area contributed by atoms with Crippen molar-refractivity contribution >= 4 is 11.8 Å². The first kappa shape index (κ1) is 13.0. The number of carbonyl (C=O) groups excluding carboxylic acids is 2. The van der Waals surface area contributed by atoms with Crippen LogP contribution in [0.2, 0.25) is 0 Å². The number of primary amides is 1. The fourth-order valence-electron chi connectivity index (χ4n) is 1.75. The lowest BCUT2D eigenvalue weighted by molar-refractivity contribution is -0.137. The summed E-state index contributed by atoms with van der Waals surface area (Å²) in [5.41, 5.74) is 3.79. The van der Waals surface area contributed by atoms with E-state index < -0.39 is 16.9 Å². The zero-order valence-corrected chi connectivity index (χ0v) is 10.2. The van der Waals surface area contributed by atoms with Crippen molar-refractivity contribution in [3.05, 3.63) is 0 Å². The zero-order valence-electron chi connectivity index (χ0n) is 10.2. The first-order valence-electron chi connectivity index (χ1n) is 5.61. The molecule has 92 valence electrons. The molecule has 1 aliphatic rings. The average Bonchev–Trinajstić information content (AvgIpc) is 2.18. The van der Waals surface area contributed by atoms with Crippen molar-refractivity contribution in [3.8, 4) is 0 Å². The normalized spacial score (nSPS) is 26.2. The minimum atomic E-state index is -0.989. The molecule has 0 aromatic heterocycles. The van der Waals surface area contributed by atoms with Crippen LogP contribution in [0.1, 0.15) is 33.6 Å². The van der Waals surface area contributed by atoms with Crippen molar-refractivity contribution in [3.63, 3.8) is 0 Å². The van der Waals surface area contributed by atoms with E-state index in [4.69, 9.17) is 5.73 Å². The van der Waals surface area contributed by atoms with E-state index in [0.29, 0.717) is 6.54 Å². The van der Waals surface area contributed by atoms with Gasteiger partial charge in [0.1, 0.15) is 5.54 Å². The maximum absolute atomic E-state index is 12.1. The van der Waals surface area contributed by atoms with Gasteiger partial charge in [0.2, 0.25) is 11.8 Å². The molecule has 0 saturated carbocycles.